The predicted octanol–water partition coefficient (Wildman–Crippen LogP) is 5.02. The Labute approximate surface area is 180 Å². The molecule has 2 heterocycles. The molecule has 0 saturated heterocycles. The van der Waals surface area contributed by atoms with Crippen LogP contribution >= 0.6 is 0 Å². The molecule has 2 aromatic heterocycles. The van der Waals surface area contributed by atoms with E-state index in [1.807, 2.05) is 95.8 Å². The second kappa shape index (κ2) is 8.24. The Balaban J connectivity index is 1.43. The van der Waals surface area contributed by atoms with Gasteiger partial charge in [-0.05, 0) is 47.2 Å². The fourth-order valence-corrected chi connectivity index (χ4v) is 3.61. The van der Waals surface area contributed by atoms with Crippen LogP contribution in [-0.4, -0.2) is 20.7 Å². The lowest BCUT2D eigenvalue weighted by Crippen LogP contribution is -2.22. The third kappa shape index (κ3) is 3.94. The number of amides is 1. The van der Waals surface area contributed by atoms with Crippen molar-refractivity contribution in [2.24, 2.45) is 0 Å². The van der Waals surface area contributed by atoms with Gasteiger partial charge in [0.15, 0.2) is 0 Å². The van der Waals surface area contributed by atoms with Crippen molar-refractivity contribution < 1.29 is 4.79 Å². The molecule has 0 atom stereocenters. The molecule has 0 fully saturated rings. The summed E-state index contributed by atoms with van der Waals surface area (Å²) in [5.41, 5.74) is 4.32. The van der Waals surface area contributed by atoms with Gasteiger partial charge in [-0.1, -0.05) is 48.5 Å². The molecule has 5 aromatic rings. The quantitative estimate of drug-likeness (QED) is 0.448. The van der Waals surface area contributed by atoms with E-state index in [1.54, 1.807) is 12.4 Å². The summed E-state index contributed by atoms with van der Waals surface area (Å²) >= 11 is 0. The fourth-order valence-electron chi connectivity index (χ4n) is 3.61. The Morgan fingerprint density at radius 3 is 2.39 bits per heavy atom. The number of hydrogen-bond acceptors (Lipinski definition) is 3. The van der Waals surface area contributed by atoms with E-state index in [2.05, 4.69) is 10.3 Å². The maximum atomic E-state index is 12.8. The van der Waals surface area contributed by atoms with Gasteiger partial charge in [0, 0.05) is 41.8 Å². The van der Waals surface area contributed by atoms with Crippen LogP contribution in [0.1, 0.15) is 15.9 Å². The topological polar surface area (TPSA) is 59.8 Å². The number of nitrogens with zero attached hydrogens (tertiary/aromatic N) is 3. The SMILES string of the molecule is O=C(NCc1cn(-c2ccccc2)nc1-c1ccncc1)c1ccc2ccccc2c1. The zero-order chi connectivity index (χ0) is 21.0. The van der Waals surface area contributed by atoms with E-state index in [9.17, 15) is 4.79 Å². The smallest absolute Gasteiger partial charge is 0.251 e. The summed E-state index contributed by atoms with van der Waals surface area (Å²) in [5.74, 6) is -0.112. The number of fused-ring (bicyclic) bond motifs is 1. The maximum Gasteiger partial charge on any atom is 0.251 e. The number of hydrogen-bond donors (Lipinski definition) is 1. The summed E-state index contributed by atoms with van der Waals surface area (Å²) < 4.78 is 1.84. The second-order valence-electron chi connectivity index (χ2n) is 7.26. The van der Waals surface area contributed by atoms with Crippen LogP contribution < -0.4 is 5.32 Å². The van der Waals surface area contributed by atoms with E-state index in [-0.39, 0.29) is 5.91 Å². The summed E-state index contributed by atoms with van der Waals surface area (Å²) in [6, 6.07) is 27.5. The molecular formula is C26H20N4O. The first-order chi connectivity index (χ1) is 15.3. The fraction of sp³-hybridized carbons (Fsp3) is 0.0385. The molecule has 0 aliphatic carbocycles. The van der Waals surface area contributed by atoms with E-state index in [0.29, 0.717) is 12.1 Å². The first-order valence-electron chi connectivity index (χ1n) is 10.1. The van der Waals surface area contributed by atoms with Crippen molar-refractivity contribution in [2.75, 3.05) is 0 Å². The highest BCUT2D eigenvalue weighted by Crippen LogP contribution is 2.23. The average Bonchev–Trinajstić information content (AvgIpc) is 3.28. The lowest BCUT2D eigenvalue weighted by atomic mass is 10.1. The number of aromatic nitrogens is 3. The van der Waals surface area contributed by atoms with Gasteiger partial charge in [-0.3, -0.25) is 9.78 Å². The molecule has 5 rings (SSSR count). The van der Waals surface area contributed by atoms with Crippen molar-refractivity contribution in [3.05, 3.63) is 115 Å². The zero-order valence-electron chi connectivity index (χ0n) is 16.8. The third-order valence-electron chi connectivity index (χ3n) is 5.22. The first kappa shape index (κ1) is 18.8. The molecule has 0 spiro atoms. The zero-order valence-corrected chi connectivity index (χ0v) is 16.8. The van der Waals surface area contributed by atoms with E-state index in [4.69, 9.17) is 5.10 Å². The van der Waals surface area contributed by atoms with Gasteiger partial charge < -0.3 is 5.32 Å². The predicted molar refractivity (Wildman–Crippen MR) is 122 cm³/mol. The third-order valence-corrected chi connectivity index (χ3v) is 5.22. The lowest BCUT2D eigenvalue weighted by molar-refractivity contribution is 0.0951. The van der Waals surface area contributed by atoms with Crippen molar-refractivity contribution in [1.82, 2.24) is 20.1 Å². The van der Waals surface area contributed by atoms with Gasteiger partial charge in [0.1, 0.15) is 0 Å². The molecular weight excluding hydrogens is 384 g/mol. The Morgan fingerprint density at radius 2 is 1.58 bits per heavy atom. The number of pyridine rings is 1. The summed E-state index contributed by atoms with van der Waals surface area (Å²) in [7, 11) is 0. The minimum absolute atomic E-state index is 0.112. The molecule has 1 N–H and O–H groups in total. The summed E-state index contributed by atoms with van der Waals surface area (Å²) in [6.45, 7) is 0.371. The number of para-hydroxylation sites is 1. The van der Waals surface area contributed by atoms with Gasteiger partial charge in [-0.15, -0.1) is 0 Å². The molecule has 0 bridgehead atoms. The molecule has 1 amide bonds. The normalized spacial score (nSPS) is 10.8. The van der Waals surface area contributed by atoms with Gasteiger partial charge >= 0.3 is 0 Å². The number of carbonyl (C=O) groups excluding carboxylic acids is 1. The molecule has 0 aliphatic rings. The van der Waals surface area contributed by atoms with Crippen molar-refractivity contribution in [3.8, 4) is 16.9 Å². The van der Waals surface area contributed by atoms with Crippen LogP contribution in [0.25, 0.3) is 27.7 Å². The van der Waals surface area contributed by atoms with Gasteiger partial charge in [0.2, 0.25) is 0 Å². The largest absolute Gasteiger partial charge is 0.348 e. The van der Waals surface area contributed by atoms with Gasteiger partial charge in [-0.25, -0.2) is 4.68 Å². The van der Waals surface area contributed by atoms with Gasteiger partial charge in [0.25, 0.3) is 5.91 Å². The number of benzene rings is 3. The molecule has 150 valence electrons. The molecule has 5 heteroatoms. The van der Waals surface area contributed by atoms with Crippen molar-refractivity contribution in [3.63, 3.8) is 0 Å². The molecule has 0 aliphatic heterocycles. The highest BCUT2D eigenvalue weighted by molar-refractivity contribution is 5.98. The minimum atomic E-state index is -0.112. The number of rotatable bonds is 5. The first-order valence-corrected chi connectivity index (χ1v) is 10.1. The molecule has 0 saturated carbocycles. The van der Waals surface area contributed by atoms with E-state index < -0.39 is 0 Å². The maximum absolute atomic E-state index is 12.8. The summed E-state index contributed by atoms with van der Waals surface area (Å²) in [5, 5.41) is 9.99. The van der Waals surface area contributed by atoms with E-state index >= 15 is 0 Å². The van der Waals surface area contributed by atoms with E-state index in [0.717, 1.165) is 33.3 Å². The van der Waals surface area contributed by atoms with Crippen LogP contribution in [0, 0.1) is 0 Å². The van der Waals surface area contributed by atoms with Crippen LogP contribution in [0.15, 0.2) is 104 Å². The Morgan fingerprint density at radius 1 is 0.839 bits per heavy atom. The van der Waals surface area contributed by atoms with Crippen molar-refractivity contribution >= 4 is 16.7 Å². The highest BCUT2D eigenvalue weighted by Gasteiger charge is 2.14. The Kier molecular flexibility index (Phi) is 4.99. The number of carbonyl (C=O) groups is 1. The minimum Gasteiger partial charge on any atom is -0.348 e. The average molecular weight is 404 g/mol. The standard InChI is InChI=1S/C26H20N4O/c31-26(22-11-10-19-6-4-5-7-21(19)16-22)28-17-23-18-30(24-8-2-1-3-9-24)29-25(23)20-12-14-27-15-13-20/h1-16,18H,17H2,(H,28,31). The molecule has 3 aromatic carbocycles. The summed E-state index contributed by atoms with van der Waals surface area (Å²) in [6.07, 6.45) is 5.45. The van der Waals surface area contributed by atoms with Crippen LogP contribution in [0.4, 0.5) is 0 Å². The second-order valence-corrected chi connectivity index (χ2v) is 7.26. The van der Waals surface area contributed by atoms with Gasteiger partial charge in [-0.2, -0.15) is 5.10 Å². The van der Waals surface area contributed by atoms with Crippen LogP contribution in [0.2, 0.25) is 0 Å². The summed E-state index contributed by atoms with van der Waals surface area (Å²) in [4.78, 5) is 16.9. The van der Waals surface area contributed by atoms with Crippen molar-refractivity contribution in [1.29, 1.82) is 0 Å². The number of nitrogens with one attached hydrogen (secondary N) is 1. The van der Waals surface area contributed by atoms with Crippen LogP contribution in [0.3, 0.4) is 0 Å². The Hall–Kier alpha value is -4.25. The molecule has 31 heavy (non-hydrogen) atoms. The molecule has 0 radical (unpaired) electrons. The molecule has 5 nitrogen and oxygen atoms in total. The lowest BCUT2D eigenvalue weighted by Gasteiger charge is -2.07. The molecule has 0 unspecified atom stereocenters. The van der Waals surface area contributed by atoms with Crippen LogP contribution in [0.5, 0.6) is 0 Å². The highest BCUT2D eigenvalue weighted by atomic mass is 16.1. The van der Waals surface area contributed by atoms with Crippen LogP contribution in [-0.2, 0) is 6.54 Å². The van der Waals surface area contributed by atoms with E-state index in [1.165, 1.54) is 0 Å². The Bertz CT molecular complexity index is 1340. The van der Waals surface area contributed by atoms with Gasteiger partial charge in [0.05, 0.1) is 11.4 Å². The van der Waals surface area contributed by atoms with Crippen molar-refractivity contribution in [2.45, 2.75) is 6.54 Å². The monoisotopic (exact) mass is 404 g/mol.